The van der Waals surface area contributed by atoms with Crippen molar-refractivity contribution in [3.8, 4) is 0 Å². The minimum atomic E-state index is -0.316. The lowest BCUT2D eigenvalue weighted by Crippen LogP contribution is -2.60. The number of nitrogens with one attached hydrogen (secondary N) is 1. The van der Waals surface area contributed by atoms with Crippen molar-refractivity contribution in [1.29, 1.82) is 0 Å². The van der Waals surface area contributed by atoms with Crippen LogP contribution >= 0.6 is 0 Å². The Balaban J connectivity index is 1.52. The zero-order valence-electron chi connectivity index (χ0n) is 12.8. The van der Waals surface area contributed by atoms with E-state index in [1.807, 2.05) is 0 Å². The number of imide groups is 1. The Morgan fingerprint density at radius 3 is 2.35 bits per heavy atom. The molecule has 1 saturated heterocycles. The monoisotopic (exact) mass is 313 g/mol. The van der Waals surface area contributed by atoms with Gasteiger partial charge in [-0.3, -0.25) is 24.6 Å². The van der Waals surface area contributed by atoms with Crippen molar-refractivity contribution in [2.24, 2.45) is 5.92 Å². The third kappa shape index (κ3) is 2.25. The van der Waals surface area contributed by atoms with Gasteiger partial charge in [0.05, 0.1) is 23.7 Å². The predicted octanol–water partition coefficient (Wildman–Crippen LogP) is 1.19. The van der Waals surface area contributed by atoms with Crippen molar-refractivity contribution in [2.45, 2.75) is 31.7 Å². The summed E-state index contributed by atoms with van der Waals surface area (Å²) in [6, 6.07) is 7.04. The van der Waals surface area contributed by atoms with Crippen molar-refractivity contribution in [1.82, 2.24) is 15.1 Å². The molecule has 1 aromatic rings. The first-order valence-electron chi connectivity index (χ1n) is 8.14. The summed E-state index contributed by atoms with van der Waals surface area (Å²) in [5.74, 6) is -0.592. The first-order chi connectivity index (χ1) is 11.2. The van der Waals surface area contributed by atoms with Gasteiger partial charge in [0.2, 0.25) is 5.91 Å². The molecule has 1 aromatic carbocycles. The standard InChI is InChI=1S/C17H19N3O3/c21-15-13-7-3-4-8-14(13)18-9-19(15)10-20-16(22)11-5-1-2-6-12(11)17(20)23/h1-2,5-6,13-14,18H,3-4,7-10H2. The maximum absolute atomic E-state index is 12.7. The summed E-state index contributed by atoms with van der Waals surface area (Å²) < 4.78 is 0. The zero-order chi connectivity index (χ0) is 16.0. The first-order valence-corrected chi connectivity index (χ1v) is 8.14. The zero-order valence-corrected chi connectivity index (χ0v) is 12.8. The van der Waals surface area contributed by atoms with Crippen LogP contribution in [0.4, 0.5) is 0 Å². The summed E-state index contributed by atoms with van der Waals surface area (Å²) >= 11 is 0. The second-order valence-electron chi connectivity index (χ2n) is 6.46. The minimum Gasteiger partial charge on any atom is -0.311 e. The molecule has 1 N–H and O–H groups in total. The molecule has 23 heavy (non-hydrogen) atoms. The quantitative estimate of drug-likeness (QED) is 0.833. The Labute approximate surface area is 134 Å². The molecular formula is C17H19N3O3. The molecule has 2 unspecified atom stereocenters. The second-order valence-corrected chi connectivity index (χ2v) is 6.46. The lowest BCUT2D eigenvalue weighted by atomic mass is 9.82. The highest BCUT2D eigenvalue weighted by Gasteiger charge is 2.41. The van der Waals surface area contributed by atoms with Crippen LogP contribution in [0.1, 0.15) is 46.4 Å². The number of hydrogen-bond acceptors (Lipinski definition) is 4. The number of amides is 3. The summed E-state index contributed by atoms with van der Waals surface area (Å²) in [7, 11) is 0. The molecule has 6 heteroatoms. The molecule has 0 radical (unpaired) electrons. The molecule has 0 bridgehead atoms. The molecule has 3 aliphatic rings. The Morgan fingerprint density at radius 2 is 1.65 bits per heavy atom. The van der Waals surface area contributed by atoms with Crippen LogP contribution in [0.2, 0.25) is 0 Å². The Kier molecular flexibility index (Phi) is 3.41. The van der Waals surface area contributed by atoms with Gasteiger partial charge < -0.3 is 4.90 Å². The van der Waals surface area contributed by atoms with E-state index in [9.17, 15) is 14.4 Å². The highest BCUT2D eigenvalue weighted by molar-refractivity contribution is 6.21. The Morgan fingerprint density at radius 1 is 1.00 bits per heavy atom. The molecule has 2 heterocycles. The fourth-order valence-corrected chi connectivity index (χ4v) is 3.87. The first kappa shape index (κ1) is 14.4. The normalized spacial score (nSPS) is 27.2. The van der Waals surface area contributed by atoms with Crippen LogP contribution in [0.5, 0.6) is 0 Å². The van der Waals surface area contributed by atoms with Crippen LogP contribution < -0.4 is 5.32 Å². The SMILES string of the molecule is O=C1C2CCCCC2NCN1CN1C(=O)c2ccccc2C1=O. The van der Waals surface area contributed by atoms with E-state index < -0.39 is 0 Å². The van der Waals surface area contributed by atoms with Crippen LogP contribution in [0, 0.1) is 5.92 Å². The van der Waals surface area contributed by atoms with E-state index in [0.29, 0.717) is 17.8 Å². The van der Waals surface area contributed by atoms with Gasteiger partial charge in [-0.05, 0) is 25.0 Å². The molecule has 3 amide bonds. The van der Waals surface area contributed by atoms with Gasteiger partial charge in [0.25, 0.3) is 11.8 Å². The van der Waals surface area contributed by atoms with Crippen LogP contribution in [0.25, 0.3) is 0 Å². The van der Waals surface area contributed by atoms with Gasteiger partial charge in [0.1, 0.15) is 6.67 Å². The smallest absolute Gasteiger partial charge is 0.263 e. The molecular weight excluding hydrogens is 294 g/mol. The van der Waals surface area contributed by atoms with E-state index in [0.717, 1.165) is 25.7 Å². The van der Waals surface area contributed by atoms with E-state index in [4.69, 9.17) is 0 Å². The number of nitrogens with zero attached hydrogens (tertiary/aromatic N) is 2. The third-order valence-electron chi connectivity index (χ3n) is 5.13. The van der Waals surface area contributed by atoms with Crippen LogP contribution in [-0.4, -0.2) is 46.9 Å². The van der Waals surface area contributed by atoms with Gasteiger partial charge in [-0.1, -0.05) is 25.0 Å². The molecule has 1 saturated carbocycles. The molecule has 2 atom stereocenters. The van der Waals surface area contributed by atoms with Gasteiger partial charge in [-0.2, -0.15) is 0 Å². The number of benzene rings is 1. The molecule has 1 aliphatic carbocycles. The summed E-state index contributed by atoms with van der Waals surface area (Å²) in [5.41, 5.74) is 0.843. The summed E-state index contributed by atoms with van der Waals surface area (Å²) in [5, 5.41) is 3.38. The van der Waals surface area contributed by atoms with Crippen molar-refractivity contribution in [3.05, 3.63) is 35.4 Å². The van der Waals surface area contributed by atoms with E-state index in [2.05, 4.69) is 5.32 Å². The number of carbonyl (C=O) groups excluding carboxylic acids is 3. The largest absolute Gasteiger partial charge is 0.311 e. The highest BCUT2D eigenvalue weighted by atomic mass is 16.2. The second kappa shape index (κ2) is 5.45. The predicted molar refractivity (Wildman–Crippen MR) is 82.4 cm³/mol. The molecule has 120 valence electrons. The lowest BCUT2D eigenvalue weighted by molar-refractivity contribution is -0.143. The molecule has 4 rings (SSSR count). The van der Waals surface area contributed by atoms with Gasteiger partial charge in [-0.25, -0.2) is 0 Å². The van der Waals surface area contributed by atoms with Crippen molar-refractivity contribution >= 4 is 17.7 Å². The average Bonchev–Trinajstić information content (AvgIpc) is 2.83. The van der Waals surface area contributed by atoms with Crippen molar-refractivity contribution in [2.75, 3.05) is 13.3 Å². The minimum absolute atomic E-state index is 0.0207. The summed E-state index contributed by atoms with van der Waals surface area (Å²) in [6.07, 6.45) is 4.13. The molecule has 2 aliphatic heterocycles. The third-order valence-corrected chi connectivity index (χ3v) is 5.13. The van der Waals surface area contributed by atoms with E-state index in [1.54, 1.807) is 29.2 Å². The van der Waals surface area contributed by atoms with Crippen molar-refractivity contribution in [3.63, 3.8) is 0 Å². The lowest BCUT2D eigenvalue weighted by Gasteiger charge is -2.41. The van der Waals surface area contributed by atoms with E-state index in [1.165, 1.54) is 4.90 Å². The molecule has 0 aromatic heterocycles. The average molecular weight is 313 g/mol. The fraction of sp³-hybridized carbons (Fsp3) is 0.471. The molecule has 6 nitrogen and oxygen atoms in total. The number of fused-ring (bicyclic) bond motifs is 2. The van der Waals surface area contributed by atoms with E-state index in [-0.39, 0.29) is 36.3 Å². The maximum atomic E-state index is 12.7. The van der Waals surface area contributed by atoms with Crippen LogP contribution in [0.15, 0.2) is 24.3 Å². The number of hydrogen-bond donors (Lipinski definition) is 1. The molecule has 0 spiro atoms. The van der Waals surface area contributed by atoms with Gasteiger partial charge >= 0.3 is 0 Å². The van der Waals surface area contributed by atoms with Crippen LogP contribution in [0.3, 0.4) is 0 Å². The van der Waals surface area contributed by atoms with E-state index >= 15 is 0 Å². The summed E-state index contributed by atoms with van der Waals surface area (Å²) in [4.78, 5) is 40.3. The van der Waals surface area contributed by atoms with Gasteiger partial charge in [-0.15, -0.1) is 0 Å². The van der Waals surface area contributed by atoms with Gasteiger partial charge in [0, 0.05) is 6.04 Å². The molecule has 2 fully saturated rings. The number of rotatable bonds is 2. The van der Waals surface area contributed by atoms with Crippen molar-refractivity contribution < 1.29 is 14.4 Å². The topological polar surface area (TPSA) is 69.7 Å². The van der Waals surface area contributed by atoms with Gasteiger partial charge in [0.15, 0.2) is 0 Å². The van der Waals surface area contributed by atoms with Crippen LogP contribution in [-0.2, 0) is 4.79 Å². The fourth-order valence-electron chi connectivity index (χ4n) is 3.87. The Hall–Kier alpha value is -2.21. The highest BCUT2D eigenvalue weighted by Crippen LogP contribution is 2.29. The maximum Gasteiger partial charge on any atom is 0.263 e. The Bertz CT molecular complexity index is 652. The summed E-state index contributed by atoms with van der Waals surface area (Å²) in [6.45, 7) is 0.425. The number of carbonyl (C=O) groups is 3.